The van der Waals surface area contributed by atoms with Crippen LogP contribution in [0.25, 0.3) is 0 Å². The van der Waals surface area contributed by atoms with E-state index in [-0.39, 0.29) is 0 Å². The zero-order chi connectivity index (χ0) is 14.2. The Balaban J connectivity index is 1.56. The summed E-state index contributed by atoms with van der Waals surface area (Å²) in [4.78, 5) is 3.66. The van der Waals surface area contributed by atoms with E-state index in [1.807, 2.05) is 6.07 Å². The Morgan fingerprint density at radius 2 is 1.95 bits per heavy atom. The van der Waals surface area contributed by atoms with Gasteiger partial charge in [-0.1, -0.05) is 41.9 Å². The number of nitrogens with zero attached hydrogens (tertiary/aromatic N) is 1. The van der Waals surface area contributed by atoms with Crippen molar-refractivity contribution in [2.75, 3.05) is 20.1 Å². The fraction of sp³-hybridized carbons (Fsp3) is 0.375. The number of thiophene rings is 1. The molecule has 0 radical (unpaired) electrons. The van der Waals surface area contributed by atoms with Crippen molar-refractivity contribution < 1.29 is 0 Å². The molecule has 0 saturated heterocycles. The molecule has 1 heterocycles. The molecule has 0 aliphatic heterocycles. The average Bonchev–Trinajstić information content (AvgIpc) is 2.85. The summed E-state index contributed by atoms with van der Waals surface area (Å²) in [6, 6.07) is 14.6. The van der Waals surface area contributed by atoms with Crippen molar-refractivity contribution in [1.82, 2.24) is 10.2 Å². The lowest BCUT2D eigenvalue weighted by Crippen LogP contribution is -2.23. The first-order valence-corrected chi connectivity index (χ1v) is 8.11. The summed E-state index contributed by atoms with van der Waals surface area (Å²) in [6.07, 6.45) is 1.16. The van der Waals surface area contributed by atoms with Crippen LogP contribution in [0.15, 0.2) is 42.5 Å². The monoisotopic (exact) mass is 308 g/mol. The van der Waals surface area contributed by atoms with Gasteiger partial charge in [0.25, 0.3) is 0 Å². The van der Waals surface area contributed by atoms with Gasteiger partial charge >= 0.3 is 0 Å². The van der Waals surface area contributed by atoms with Crippen molar-refractivity contribution >= 4 is 22.9 Å². The van der Waals surface area contributed by atoms with Gasteiger partial charge in [-0.2, -0.15) is 0 Å². The standard InChI is InChI=1S/C16H21ClN2S/c1-19(13-14-6-3-2-4-7-14)11-5-10-18-12-15-8-9-16(17)20-15/h2-4,6-9,18H,5,10-13H2,1H3. The Hall–Kier alpha value is -0.870. The highest BCUT2D eigenvalue weighted by Crippen LogP contribution is 2.20. The quantitative estimate of drug-likeness (QED) is 0.741. The Morgan fingerprint density at radius 3 is 2.65 bits per heavy atom. The SMILES string of the molecule is CN(CCCNCc1ccc(Cl)s1)Cc1ccccc1. The molecule has 0 amide bonds. The highest BCUT2D eigenvalue weighted by atomic mass is 35.5. The van der Waals surface area contributed by atoms with E-state index in [2.05, 4.69) is 53.7 Å². The largest absolute Gasteiger partial charge is 0.312 e. The first kappa shape index (κ1) is 15.5. The minimum atomic E-state index is 0.865. The van der Waals surface area contributed by atoms with Gasteiger partial charge in [0, 0.05) is 18.0 Å². The van der Waals surface area contributed by atoms with Gasteiger partial charge in [-0.3, -0.25) is 0 Å². The van der Waals surface area contributed by atoms with Gasteiger partial charge in [0.15, 0.2) is 0 Å². The highest BCUT2D eigenvalue weighted by Gasteiger charge is 2.00. The van der Waals surface area contributed by atoms with Crippen LogP contribution in [0.3, 0.4) is 0 Å². The normalized spacial score (nSPS) is 11.2. The predicted octanol–water partition coefficient (Wildman–Crippen LogP) is 4.01. The summed E-state index contributed by atoms with van der Waals surface area (Å²) in [6.45, 7) is 4.07. The molecule has 0 aliphatic carbocycles. The third-order valence-electron chi connectivity index (χ3n) is 3.12. The van der Waals surface area contributed by atoms with E-state index in [4.69, 9.17) is 11.6 Å². The van der Waals surface area contributed by atoms with Gasteiger partial charge in [-0.05, 0) is 44.3 Å². The molecule has 0 aliphatic rings. The van der Waals surface area contributed by atoms with E-state index in [0.29, 0.717) is 0 Å². The molecule has 0 unspecified atom stereocenters. The van der Waals surface area contributed by atoms with E-state index >= 15 is 0 Å². The molecule has 0 bridgehead atoms. The fourth-order valence-electron chi connectivity index (χ4n) is 2.11. The number of hydrogen-bond donors (Lipinski definition) is 1. The van der Waals surface area contributed by atoms with Crippen molar-refractivity contribution in [3.63, 3.8) is 0 Å². The summed E-state index contributed by atoms with van der Waals surface area (Å²) in [5.74, 6) is 0. The molecule has 0 spiro atoms. The maximum atomic E-state index is 5.90. The smallest absolute Gasteiger partial charge is 0.0931 e. The van der Waals surface area contributed by atoms with Crippen LogP contribution >= 0.6 is 22.9 Å². The fourth-order valence-corrected chi connectivity index (χ4v) is 3.16. The zero-order valence-corrected chi connectivity index (χ0v) is 13.4. The Kier molecular flexibility index (Phi) is 6.54. The molecule has 0 atom stereocenters. The lowest BCUT2D eigenvalue weighted by Gasteiger charge is -2.16. The summed E-state index contributed by atoms with van der Waals surface area (Å²) in [5.41, 5.74) is 1.37. The first-order chi connectivity index (χ1) is 9.74. The molecule has 1 aromatic heterocycles. The summed E-state index contributed by atoms with van der Waals surface area (Å²) >= 11 is 7.55. The second kappa shape index (κ2) is 8.42. The minimum absolute atomic E-state index is 0.865. The molecule has 2 rings (SSSR count). The average molecular weight is 309 g/mol. The van der Waals surface area contributed by atoms with Crippen molar-refractivity contribution in [2.45, 2.75) is 19.5 Å². The lowest BCUT2D eigenvalue weighted by atomic mass is 10.2. The van der Waals surface area contributed by atoms with Crippen LogP contribution in [-0.4, -0.2) is 25.0 Å². The van der Waals surface area contributed by atoms with Gasteiger partial charge in [-0.25, -0.2) is 0 Å². The lowest BCUT2D eigenvalue weighted by molar-refractivity contribution is 0.319. The van der Waals surface area contributed by atoms with Gasteiger partial charge in [0.2, 0.25) is 0 Å². The van der Waals surface area contributed by atoms with Crippen LogP contribution in [-0.2, 0) is 13.1 Å². The van der Waals surface area contributed by atoms with Gasteiger partial charge in [-0.15, -0.1) is 11.3 Å². The summed E-state index contributed by atoms with van der Waals surface area (Å²) in [5, 5.41) is 3.46. The second-order valence-corrected chi connectivity index (χ2v) is 6.76. The molecule has 2 nitrogen and oxygen atoms in total. The third-order valence-corrected chi connectivity index (χ3v) is 4.35. The van der Waals surface area contributed by atoms with Crippen LogP contribution in [0.2, 0.25) is 4.34 Å². The zero-order valence-electron chi connectivity index (χ0n) is 11.8. The molecular formula is C16H21ClN2S. The van der Waals surface area contributed by atoms with Crippen molar-refractivity contribution in [3.05, 3.63) is 57.2 Å². The first-order valence-electron chi connectivity index (χ1n) is 6.91. The van der Waals surface area contributed by atoms with Gasteiger partial charge < -0.3 is 10.2 Å². The van der Waals surface area contributed by atoms with Crippen LogP contribution in [0.5, 0.6) is 0 Å². The van der Waals surface area contributed by atoms with Gasteiger partial charge in [0.1, 0.15) is 0 Å². The number of benzene rings is 1. The number of halogens is 1. The van der Waals surface area contributed by atoms with Crippen LogP contribution in [0.1, 0.15) is 16.9 Å². The molecule has 0 saturated carbocycles. The van der Waals surface area contributed by atoms with Crippen molar-refractivity contribution in [2.24, 2.45) is 0 Å². The Bertz CT molecular complexity index is 498. The van der Waals surface area contributed by atoms with Crippen LogP contribution in [0.4, 0.5) is 0 Å². The van der Waals surface area contributed by atoms with E-state index in [0.717, 1.165) is 36.9 Å². The molecular weight excluding hydrogens is 288 g/mol. The maximum absolute atomic E-state index is 5.90. The maximum Gasteiger partial charge on any atom is 0.0931 e. The Morgan fingerprint density at radius 1 is 1.15 bits per heavy atom. The van der Waals surface area contributed by atoms with Gasteiger partial charge in [0.05, 0.1) is 4.34 Å². The highest BCUT2D eigenvalue weighted by molar-refractivity contribution is 7.16. The molecule has 20 heavy (non-hydrogen) atoms. The van der Waals surface area contributed by atoms with E-state index < -0.39 is 0 Å². The molecule has 0 fully saturated rings. The number of rotatable bonds is 8. The summed E-state index contributed by atoms with van der Waals surface area (Å²) < 4.78 is 0.865. The number of hydrogen-bond acceptors (Lipinski definition) is 3. The van der Waals surface area contributed by atoms with Crippen LogP contribution < -0.4 is 5.32 Å². The van der Waals surface area contributed by atoms with E-state index in [1.165, 1.54) is 10.4 Å². The van der Waals surface area contributed by atoms with Crippen molar-refractivity contribution in [3.8, 4) is 0 Å². The van der Waals surface area contributed by atoms with Crippen LogP contribution in [0, 0.1) is 0 Å². The molecule has 2 aromatic rings. The topological polar surface area (TPSA) is 15.3 Å². The minimum Gasteiger partial charge on any atom is -0.312 e. The Labute approximate surface area is 130 Å². The molecule has 108 valence electrons. The van der Waals surface area contributed by atoms with E-state index in [1.54, 1.807) is 11.3 Å². The third kappa shape index (κ3) is 5.63. The molecule has 4 heteroatoms. The molecule has 1 N–H and O–H groups in total. The summed E-state index contributed by atoms with van der Waals surface area (Å²) in [7, 11) is 2.17. The van der Waals surface area contributed by atoms with E-state index in [9.17, 15) is 0 Å². The van der Waals surface area contributed by atoms with Crippen molar-refractivity contribution in [1.29, 1.82) is 0 Å². The number of nitrogens with one attached hydrogen (secondary N) is 1. The second-order valence-electron chi connectivity index (χ2n) is 4.96. The molecule has 1 aromatic carbocycles. The predicted molar refractivity (Wildman–Crippen MR) is 88.4 cm³/mol.